The first kappa shape index (κ1) is 33.6. The Kier molecular flexibility index (Phi) is 12.7. The van der Waals surface area contributed by atoms with E-state index < -0.39 is 17.6 Å². The minimum atomic E-state index is -3.56. The summed E-state index contributed by atoms with van der Waals surface area (Å²) in [6.07, 6.45) is 8.37. The number of carbonyl (C=O) groups is 1. The van der Waals surface area contributed by atoms with Gasteiger partial charge in [0.15, 0.2) is 16.0 Å². The summed E-state index contributed by atoms with van der Waals surface area (Å²) >= 11 is 0. The number of rotatable bonds is 16. The molecule has 4 rings (SSSR count). The summed E-state index contributed by atoms with van der Waals surface area (Å²) < 4.78 is 49.8. The number of ether oxygens (including phenoxy) is 2. The molecular weight excluding hydrogens is 593 g/mol. The third kappa shape index (κ3) is 9.85. The van der Waals surface area contributed by atoms with Crippen LogP contribution in [0.15, 0.2) is 77.2 Å². The summed E-state index contributed by atoms with van der Waals surface area (Å²) in [4.78, 5) is 13.5. The van der Waals surface area contributed by atoms with Gasteiger partial charge >= 0.3 is 7.80 Å². The van der Waals surface area contributed by atoms with Gasteiger partial charge in [-0.1, -0.05) is 61.6 Å². The normalized spacial score (nSPS) is 14.2. The predicted molar refractivity (Wildman–Crippen MR) is 179 cm³/mol. The molecule has 1 atom stereocenters. The number of anilines is 1. The lowest BCUT2D eigenvalue weighted by atomic mass is 10.0. The molecule has 1 unspecified atom stereocenters. The molecular formula is C35H43NO6PS+. The number of sulfone groups is 1. The van der Waals surface area contributed by atoms with Crippen molar-refractivity contribution < 1.29 is 27.3 Å². The zero-order valence-electron chi connectivity index (χ0n) is 25.7. The molecule has 1 heterocycles. The van der Waals surface area contributed by atoms with E-state index in [2.05, 4.69) is 19.2 Å². The Morgan fingerprint density at radius 3 is 2.32 bits per heavy atom. The highest BCUT2D eigenvalue weighted by atomic mass is 32.2. The molecule has 3 aromatic rings. The second kappa shape index (κ2) is 16.7. The highest BCUT2D eigenvalue weighted by Crippen LogP contribution is 2.32. The van der Waals surface area contributed by atoms with Crippen LogP contribution in [0.25, 0.3) is 17.2 Å². The Morgan fingerprint density at radius 2 is 1.59 bits per heavy atom. The summed E-state index contributed by atoms with van der Waals surface area (Å²) in [6, 6.07) is 20.2. The standard InChI is InChI=1S/C35H42NO6PS/c1-3-5-7-22-43(38)26-27-8-13-32(14-9-27)36-35(37)30-18-23-44(39,40)34-17-12-29(24-31(34)25-30)28-10-15-33(16-11-28)42-21-20-41-19-6-4-2/h8-17,24-25H,3-7,18-23,26H2,1-2H3/p+1. The van der Waals surface area contributed by atoms with E-state index >= 15 is 0 Å². The van der Waals surface area contributed by atoms with E-state index in [0.29, 0.717) is 36.2 Å². The van der Waals surface area contributed by atoms with Gasteiger partial charge in [-0.15, -0.1) is 0 Å². The average Bonchev–Trinajstić information content (AvgIpc) is 3.15. The highest BCUT2D eigenvalue weighted by Gasteiger charge is 2.25. The molecule has 0 saturated carbocycles. The van der Waals surface area contributed by atoms with Crippen LogP contribution in [0.4, 0.5) is 5.69 Å². The molecule has 0 aliphatic carbocycles. The lowest BCUT2D eigenvalue weighted by molar-refractivity contribution is -0.112. The Morgan fingerprint density at radius 1 is 0.864 bits per heavy atom. The van der Waals surface area contributed by atoms with Gasteiger partial charge in [0.2, 0.25) is 0 Å². The fraction of sp³-hybridized carbons (Fsp3) is 0.400. The lowest BCUT2D eigenvalue weighted by Crippen LogP contribution is -2.16. The van der Waals surface area contributed by atoms with Crippen LogP contribution in [0.3, 0.4) is 0 Å². The maximum absolute atomic E-state index is 13.3. The van der Waals surface area contributed by atoms with Crippen molar-refractivity contribution in [1.82, 2.24) is 0 Å². The van der Waals surface area contributed by atoms with Crippen LogP contribution in [0.1, 0.15) is 63.5 Å². The van der Waals surface area contributed by atoms with E-state index in [4.69, 9.17) is 9.47 Å². The molecule has 1 aliphatic heterocycles. The number of nitrogens with one attached hydrogen (secondary N) is 1. The molecule has 1 N–H and O–H groups in total. The summed E-state index contributed by atoms with van der Waals surface area (Å²) in [6.45, 7) is 6.00. The highest BCUT2D eigenvalue weighted by molar-refractivity contribution is 7.91. The zero-order valence-corrected chi connectivity index (χ0v) is 27.4. The molecule has 1 amide bonds. The molecule has 9 heteroatoms. The SMILES string of the molecule is CCCCC[P+](=O)Cc1ccc(NC(=O)C2=Cc3cc(-c4ccc(OCCOCCCC)cc4)ccc3S(=O)(=O)CC2)cc1. The molecule has 0 radical (unpaired) electrons. The van der Waals surface area contributed by atoms with Gasteiger partial charge in [0, 0.05) is 17.9 Å². The number of unbranched alkanes of at least 4 members (excludes halogenated alkanes) is 3. The number of amides is 1. The lowest BCUT2D eigenvalue weighted by Gasteiger charge is -2.10. The molecule has 0 bridgehead atoms. The Balaban J connectivity index is 1.43. The molecule has 7 nitrogen and oxygen atoms in total. The second-order valence-corrected chi connectivity index (χ2v) is 14.9. The van der Waals surface area contributed by atoms with E-state index in [1.54, 1.807) is 30.3 Å². The summed E-state index contributed by atoms with van der Waals surface area (Å²) in [7, 11) is -4.84. The van der Waals surface area contributed by atoms with E-state index in [1.165, 1.54) is 0 Å². The number of carbonyl (C=O) groups excluding carboxylic acids is 1. The fourth-order valence-electron chi connectivity index (χ4n) is 4.95. The van der Waals surface area contributed by atoms with Crippen LogP contribution in [0.5, 0.6) is 5.75 Å². The van der Waals surface area contributed by atoms with Gasteiger partial charge in [0.25, 0.3) is 5.91 Å². The molecule has 0 aromatic heterocycles. The van der Waals surface area contributed by atoms with Crippen LogP contribution >= 0.6 is 7.80 Å². The number of benzene rings is 3. The van der Waals surface area contributed by atoms with Crippen LogP contribution < -0.4 is 10.1 Å². The molecule has 234 valence electrons. The van der Waals surface area contributed by atoms with Gasteiger partial charge < -0.3 is 14.8 Å². The summed E-state index contributed by atoms with van der Waals surface area (Å²) in [5, 5.41) is 2.91. The van der Waals surface area contributed by atoms with Crippen molar-refractivity contribution in [3.63, 3.8) is 0 Å². The number of hydrogen-bond donors (Lipinski definition) is 1. The average molecular weight is 637 g/mol. The van der Waals surface area contributed by atoms with Crippen molar-refractivity contribution in [3.8, 4) is 16.9 Å². The minimum absolute atomic E-state index is 0.114. The fourth-order valence-corrected chi connectivity index (χ4v) is 7.77. The van der Waals surface area contributed by atoms with Gasteiger partial charge in [-0.05, 0) is 90.4 Å². The van der Waals surface area contributed by atoms with E-state index in [0.717, 1.165) is 67.3 Å². The first-order chi connectivity index (χ1) is 21.3. The first-order valence-corrected chi connectivity index (χ1v) is 18.8. The minimum Gasteiger partial charge on any atom is -0.491 e. The third-order valence-corrected chi connectivity index (χ3v) is 10.8. The number of fused-ring (bicyclic) bond motifs is 1. The maximum Gasteiger partial charge on any atom is 0.343 e. The Bertz CT molecular complexity index is 1550. The van der Waals surface area contributed by atoms with Crippen molar-refractivity contribution >= 4 is 35.3 Å². The van der Waals surface area contributed by atoms with Crippen molar-refractivity contribution in [2.24, 2.45) is 0 Å². The largest absolute Gasteiger partial charge is 0.491 e. The topological polar surface area (TPSA) is 98.8 Å². The zero-order chi connectivity index (χ0) is 31.4. The van der Waals surface area contributed by atoms with Crippen molar-refractivity contribution in [1.29, 1.82) is 0 Å². The second-order valence-electron chi connectivity index (χ2n) is 11.1. The molecule has 0 spiro atoms. The maximum atomic E-state index is 13.3. The first-order valence-electron chi connectivity index (χ1n) is 15.5. The molecule has 44 heavy (non-hydrogen) atoms. The van der Waals surface area contributed by atoms with Crippen molar-refractivity contribution in [2.45, 2.75) is 63.4 Å². The van der Waals surface area contributed by atoms with Gasteiger partial charge in [0.1, 0.15) is 18.5 Å². The van der Waals surface area contributed by atoms with Crippen LogP contribution in [0.2, 0.25) is 0 Å². The van der Waals surface area contributed by atoms with Gasteiger partial charge in [0.05, 0.1) is 17.3 Å². The summed E-state index contributed by atoms with van der Waals surface area (Å²) in [5.74, 6) is 0.256. The monoisotopic (exact) mass is 636 g/mol. The Labute approximate surface area is 262 Å². The Hall–Kier alpha value is -3.32. The van der Waals surface area contributed by atoms with Crippen LogP contribution in [-0.4, -0.2) is 46.1 Å². The summed E-state index contributed by atoms with van der Waals surface area (Å²) in [5.41, 5.74) is 4.23. The smallest absolute Gasteiger partial charge is 0.343 e. The number of hydrogen-bond acceptors (Lipinski definition) is 6. The third-order valence-electron chi connectivity index (χ3n) is 7.51. The van der Waals surface area contributed by atoms with Crippen LogP contribution in [0, 0.1) is 0 Å². The van der Waals surface area contributed by atoms with Gasteiger partial charge in [-0.2, -0.15) is 0 Å². The molecule has 3 aromatic carbocycles. The molecule has 1 aliphatic rings. The van der Waals surface area contributed by atoms with Crippen LogP contribution in [-0.2, 0) is 30.1 Å². The van der Waals surface area contributed by atoms with E-state index in [-0.39, 0.29) is 23.0 Å². The van der Waals surface area contributed by atoms with Crippen molar-refractivity contribution in [3.05, 3.63) is 83.4 Å². The molecule has 0 saturated heterocycles. The van der Waals surface area contributed by atoms with E-state index in [9.17, 15) is 17.8 Å². The quantitative estimate of drug-likeness (QED) is 0.126. The van der Waals surface area contributed by atoms with Gasteiger partial charge in [-0.3, -0.25) is 4.79 Å². The van der Waals surface area contributed by atoms with E-state index in [1.807, 2.05) is 42.5 Å². The molecule has 0 fully saturated rings. The van der Waals surface area contributed by atoms with Crippen molar-refractivity contribution in [2.75, 3.05) is 37.1 Å². The predicted octanol–water partition coefficient (Wildman–Crippen LogP) is 8.27. The van der Waals surface area contributed by atoms with Gasteiger partial charge in [-0.25, -0.2) is 8.42 Å².